The van der Waals surface area contributed by atoms with Crippen LogP contribution in [0, 0.1) is 11.8 Å². The van der Waals surface area contributed by atoms with E-state index < -0.39 is 6.17 Å². The molecule has 0 spiro atoms. The van der Waals surface area contributed by atoms with Gasteiger partial charge in [0.2, 0.25) is 0 Å². The normalized spacial score (nSPS) is 32.5. The van der Waals surface area contributed by atoms with Crippen molar-refractivity contribution in [2.75, 3.05) is 20.2 Å². The number of rotatable bonds is 3. The van der Waals surface area contributed by atoms with Gasteiger partial charge in [0, 0.05) is 18.1 Å². The first-order valence-corrected chi connectivity index (χ1v) is 8.64. The highest BCUT2D eigenvalue weighted by Crippen LogP contribution is 2.44. The Morgan fingerprint density at radius 1 is 1.38 bits per heavy atom. The SMILES string of the molecule is C=C[C@H]1CN2CC[C@H]1C[C@H](F)[C@H]2c1ccnc2ccc(OC)cc12. The predicted octanol–water partition coefficient (Wildman–Crippen LogP) is 4.15. The van der Waals surface area contributed by atoms with Crippen LogP contribution in [0.1, 0.15) is 24.4 Å². The Hall–Kier alpha value is -1.94. The molecule has 3 aliphatic rings. The van der Waals surface area contributed by atoms with Crippen LogP contribution in [0.4, 0.5) is 4.39 Å². The number of methoxy groups -OCH3 is 1. The lowest BCUT2D eigenvalue weighted by Gasteiger charge is -2.36. The molecule has 5 atom stereocenters. The van der Waals surface area contributed by atoms with Crippen LogP contribution in [0.15, 0.2) is 43.1 Å². The minimum atomic E-state index is -0.862. The van der Waals surface area contributed by atoms with E-state index in [1.165, 1.54) is 0 Å². The molecular formula is C20H23FN2O. The summed E-state index contributed by atoms with van der Waals surface area (Å²) >= 11 is 0. The second-order valence-corrected chi connectivity index (χ2v) is 6.92. The number of benzene rings is 1. The number of pyridine rings is 1. The van der Waals surface area contributed by atoms with Crippen molar-refractivity contribution in [3.63, 3.8) is 0 Å². The van der Waals surface area contributed by atoms with Gasteiger partial charge in [-0.1, -0.05) is 6.08 Å². The molecule has 1 aromatic heterocycles. The molecule has 0 amide bonds. The second kappa shape index (κ2) is 6.17. The van der Waals surface area contributed by atoms with Crippen LogP contribution >= 0.6 is 0 Å². The fourth-order valence-electron chi connectivity index (χ4n) is 4.44. The first kappa shape index (κ1) is 15.6. The molecule has 1 unspecified atom stereocenters. The van der Waals surface area contributed by atoms with Crippen LogP contribution in [0.25, 0.3) is 10.9 Å². The maximum absolute atomic E-state index is 15.2. The van der Waals surface area contributed by atoms with Gasteiger partial charge in [-0.25, -0.2) is 4.39 Å². The first-order chi connectivity index (χ1) is 11.7. The molecule has 0 N–H and O–H groups in total. The zero-order valence-electron chi connectivity index (χ0n) is 14.0. The van der Waals surface area contributed by atoms with Crippen LogP contribution in [0.2, 0.25) is 0 Å². The minimum Gasteiger partial charge on any atom is -0.497 e. The molecule has 3 aliphatic heterocycles. The summed E-state index contributed by atoms with van der Waals surface area (Å²) in [5.41, 5.74) is 1.91. The van der Waals surface area contributed by atoms with Crippen LogP contribution in [-0.4, -0.2) is 36.3 Å². The quantitative estimate of drug-likeness (QED) is 0.792. The summed E-state index contributed by atoms with van der Waals surface area (Å²) in [4.78, 5) is 6.74. The highest BCUT2D eigenvalue weighted by atomic mass is 19.1. The molecule has 4 heterocycles. The van der Waals surface area contributed by atoms with Crippen molar-refractivity contribution in [2.45, 2.75) is 25.1 Å². The molecule has 126 valence electrons. The van der Waals surface area contributed by atoms with E-state index in [2.05, 4.69) is 16.5 Å². The molecule has 4 heteroatoms. The summed E-state index contributed by atoms with van der Waals surface area (Å²) in [5, 5.41) is 0.991. The summed E-state index contributed by atoms with van der Waals surface area (Å²) in [6.45, 7) is 5.81. The van der Waals surface area contributed by atoms with E-state index in [0.717, 1.165) is 41.7 Å². The number of hydrogen-bond acceptors (Lipinski definition) is 3. The van der Waals surface area contributed by atoms with Gasteiger partial charge in [0.15, 0.2) is 0 Å². The van der Waals surface area contributed by atoms with E-state index in [4.69, 9.17) is 4.74 Å². The summed E-state index contributed by atoms with van der Waals surface area (Å²) in [6, 6.07) is 7.59. The number of nitrogens with zero attached hydrogens (tertiary/aromatic N) is 2. The van der Waals surface area contributed by atoms with Gasteiger partial charge in [0.05, 0.1) is 18.7 Å². The third-order valence-electron chi connectivity index (χ3n) is 5.71. The number of piperidine rings is 1. The lowest BCUT2D eigenvalue weighted by molar-refractivity contribution is 0.113. The Morgan fingerprint density at radius 2 is 2.25 bits per heavy atom. The van der Waals surface area contributed by atoms with Crippen molar-refractivity contribution in [3.8, 4) is 5.75 Å². The molecule has 3 saturated heterocycles. The van der Waals surface area contributed by atoms with Crippen LogP contribution in [-0.2, 0) is 0 Å². The summed E-state index contributed by atoms with van der Waals surface area (Å²) < 4.78 is 20.6. The highest BCUT2D eigenvalue weighted by molar-refractivity contribution is 5.84. The molecule has 5 rings (SSSR count). The van der Waals surface area contributed by atoms with Crippen LogP contribution in [0.3, 0.4) is 0 Å². The molecule has 0 radical (unpaired) electrons. The third-order valence-corrected chi connectivity index (χ3v) is 5.71. The summed E-state index contributed by atoms with van der Waals surface area (Å²) in [6.07, 6.45) is 4.62. The van der Waals surface area contributed by atoms with Crippen LogP contribution < -0.4 is 4.74 Å². The fourth-order valence-corrected chi connectivity index (χ4v) is 4.44. The summed E-state index contributed by atoms with van der Waals surface area (Å²) in [5.74, 6) is 1.59. The zero-order chi connectivity index (χ0) is 16.7. The standard InChI is InChI=1S/C20H23FN2O/c1-3-13-12-23-9-7-14(13)10-18(21)20(23)16-6-8-22-19-5-4-15(24-2)11-17(16)19/h3-6,8,11,13-14,18,20H,1,7,9-10,12H2,2H3/t13-,14-,18-,20+/m0/s1. The predicted molar refractivity (Wildman–Crippen MR) is 93.9 cm³/mol. The smallest absolute Gasteiger partial charge is 0.120 e. The van der Waals surface area contributed by atoms with Crippen molar-refractivity contribution in [2.24, 2.45) is 11.8 Å². The molecule has 0 aliphatic carbocycles. The van der Waals surface area contributed by atoms with Crippen molar-refractivity contribution >= 4 is 10.9 Å². The highest BCUT2D eigenvalue weighted by Gasteiger charge is 2.42. The van der Waals surface area contributed by atoms with E-state index in [0.29, 0.717) is 18.3 Å². The van der Waals surface area contributed by atoms with Gasteiger partial charge < -0.3 is 4.74 Å². The average Bonchev–Trinajstić information content (AvgIpc) is 2.86. The minimum absolute atomic E-state index is 0.211. The number of aromatic nitrogens is 1. The molecule has 2 bridgehead atoms. The Morgan fingerprint density at radius 3 is 3.04 bits per heavy atom. The summed E-state index contributed by atoms with van der Waals surface area (Å²) in [7, 11) is 1.65. The third kappa shape index (κ3) is 2.49. The monoisotopic (exact) mass is 326 g/mol. The molecule has 1 aromatic carbocycles. The van der Waals surface area contributed by atoms with Gasteiger partial charge >= 0.3 is 0 Å². The van der Waals surface area contributed by atoms with E-state index in [1.807, 2.05) is 30.3 Å². The number of alkyl halides is 1. The van der Waals surface area contributed by atoms with E-state index in [9.17, 15) is 0 Å². The van der Waals surface area contributed by atoms with Gasteiger partial charge in [-0.05, 0) is 61.1 Å². The first-order valence-electron chi connectivity index (χ1n) is 8.64. The topological polar surface area (TPSA) is 25.4 Å². The molecule has 24 heavy (non-hydrogen) atoms. The number of ether oxygens (including phenoxy) is 1. The van der Waals surface area contributed by atoms with Gasteiger partial charge in [0.25, 0.3) is 0 Å². The second-order valence-electron chi connectivity index (χ2n) is 6.92. The van der Waals surface area contributed by atoms with Gasteiger partial charge in [0.1, 0.15) is 11.9 Å². The number of halogens is 1. The number of hydrogen-bond donors (Lipinski definition) is 0. The maximum atomic E-state index is 15.2. The van der Waals surface area contributed by atoms with Crippen molar-refractivity contribution in [1.82, 2.24) is 9.88 Å². The lowest BCUT2D eigenvalue weighted by Crippen LogP contribution is -2.39. The molecule has 0 saturated carbocycles. The Kier molecular flexibility index (Phi) is 4.01. The zero-order valence-corrected chi connectivity index (χ0v) is 14.0. The van der Waals surface area contributed by atoms with Gasteiger partial charge in [-0.2, -0.15) is 0 Å². The molecular weight excluding hydrogens is 303 g/mol. The van der Waals surface area contributed by atoms with E-state index in [-0.39, 0.29) is 6.04 Å². The fraction of sp³-hybridized carbons (Fsp3) is 0.450. The molecule has 3 nitrogen and oxygen atoms in total. The van der Waals surface area contributed by atoms with Crippen molar-refractivity contribution in [1.29, 1.82) is 0 Å². The van der Waals surface area contributed by atoms with Gasteiger partial charge in [-0.3, -0.25) is 9.88 Å². The largest absolute Gasteiger partial charge is 0.497 e. The van der Waals surface area contributed by atoms with E-state index >= 15 is 4.39 Å². The maximum Gasteiger partial charge on any atom is 0.120 e. The van der Waals surface area contributed by atoms with Gasteiger partial charge in [-0.15, -0.1) is 6.58 Å². The van der Waals surface area contributed by atoms with Crippen molar-refractivity contribution in [3.05, 3.63) is 48.7 Å². The van der Waals surface area contributed by atoms with E-state index in [1.54, 1.807) is 13.3 Å². The Labute approximate surface area is 142 Å². The lowest BCUT2D eigenvalue weighted by atomic mass is 9.84. The molecule has 2 aromatic rings. The Bertz CT molecular complexity index is 762. The van der Waals surface area contributed by atoms with Crippen LogP contribution in [0.5, 0.6) is 5.75 Å². The average molecular weight is 326 g/mol. The molecule has 3 fully saturated rings. The Balaban J connectivity index is 1.82. The van der Waals surface area contributed by atoms with Crippen molar-refractivity contribution < 1.29 is 9.13 Å². The number of fused-ring (bicyclic) bond motifs is 5.